The zero-order valence-corrected chi connectivity index (χ0v) is 12.5. The Kier molecular flexibility index (Phi) is 47.9. The summed E-state index contributed by atoms with van der Waals surface area (Å²) < 4.78 is 0. The minimum Gasteiger partial charge on any atom is -0.652 e. The van der Waals surface area contributed by atoms with E-state index in [0.717, 1.165) is 0 Å². The molecule has 10 nitrogen and oxygen atoms in total. The van der Waals surface area contributed by atoms with Crippen LogP contribution in [-0.4, -0.2) is 44.7 Å². The summed E-state index contributed by atoms with van der Waals surface area (Å²) in [5.74, 6) is 0. The van der Waals surface area contributed by atoms with Crippen LogP contribution in [0.4, 0.5) is 9.59 Å². The Morgan fingerprint density at radius 2 is 0.857 bits per heavy atom. The molecule has 14 heavy (non-hydrogen) atoms. The summed E-state index contributed by atoms with van der Waals surface area (Å²) in [6.07, 6.45) is -4.67. The van der Waals surface area contributed by atoms with Gasteiger partial charge in [0, 0.05) is 27.3 Å². The molecule has 0 atom stereocenters. The number of hydrogen-bond donors (Lipinski definition) is 0. The molecule has 0 saturated heterocycles. The van der Waals surface area contributed by atoms with Gasteiger partial charge in [0.1, 0.15) is 0 Å². The van der Waals surface area contributed by atoms with E-state index < -0.39 is 17.4 Å². The first kappa shape index (κ1) is 29.2. The van der Waals surface area contributed by atoms with Gasteiger partial charge < -0.3 is 45.3 Å². The van der Waals surface area contributed by atoms with Gasteiger partial charge in [0.2, 0.25) is 0 Å². The first-order chi connectivity index (χ1) is 5.20. The van der Waals surface area contributed by atoms with E-state index >= 15 is 0 Å². The average molecular weight is 412 g/mol. The maximum atomic E-state index is 8.33. The van der Waals surface area contributed by atoms with Crippen molar-refractivity contribution >= 4 is 39.6 Å². The molecular weight excluding hydrogens is 412 g/mol. The van der Waals surface area contributed by atoms with E-state index in [1.807, 2.05) is 0 Å². The molecule has 0 aromatic heterocycles. The molecule has 0 aliphatic heterocycles. The van der Waals surface area contributed by atoms with Crippen molar-refractivity contribution in [2.24, 2.45) is 0 Å². The van der Waals surface area contributed by atoms with E-state index in [4.69, 9.17) is 45.3 Å². The third-order valence-corrected chi connectivity index (χ3v) is 0. The Bertz CT molecular complexity index is 120. The fourth-order valence-electron chi connectivity index (χ4n) is 0. The third-order valence-electron chi connectivity index (χ3n) is 0. The molecule has 0 amide bonds. The topological polar surface area (TPSA) is 193 Å². The Morgan fingerprint density at radius 1 is 0.857 bits per heavy atom. The van der Waals surface area contributed by atoms with Crippen molar-refractivity contribution in [1.82, 2.24) is 0 Å². The molecule has 0 heterocycles. The third kappa shape index (κ3) is 11600. The smallest absolute Gasteiger partial charge is 0.652 e. The molecule has 0 aliphatic rings. The van der Waals surface area contributed by atoms with Crippen molar-refractivity contribution in [2.45, 2.75) is 0 Å². The number of nitrogens with zero attached hydrogens (tertiary/aromatic N) is 1. The first-order valence-electron chi connectivity index (χ1n) is 1.77. The molecule has 0 aromatic carbocycles. The molecule has 12 heteroatoms. The van der Waals surface area contributed by atoms with Crippen molar-refractivity contribution in [1.29, 1.82) is 0 Å². The van der Waals surface area contributed by atoms with Crippen molar-refractivity contribution in [3.05, 3.63) is 15.3 Å². The van der Waals surface area contributed by atoms with Crippen molar-refractivity contribution in [2.75, 3.05) is 0 Å². The Morgan fingerprint density at radius 3 is 0.857 bits per heavy atom. The molecule has 0 aliphatic carbocycles. The molecule has 0 bridgehead atoms. The summed E-state index contributed by atoms with van der Waals surface area (Å²) in [5, 5.41) is 48.1. The number of carbonyl (C=O) groups excluding carboxylic acids is 2. The molecule has 0 fully saturated rings. The minimum absolute atomic E-state index is 0. The van der Waals surface area contributed by atoms with Gasteiger partial charge in [0.15, 0.2) is 0 Å². The predicted octanol–water partition coefficient (Wildman–Crippen LogP) is -8.51. The fourth-order valence-corrected chi connectivity index (χ4v) is 0. The Balaban J connectivity index is -0.0000000270. The monoisotopic (exact) mass is 413 g/mol. The molecule has 0 N–H and O–H groups in total. The molecule has 0 unspecified atom stereocenters. The van der Waals surface area contributed by atoms with Crippen LogP contribution in [0.15, 0.2) is 0 Å². The Labute approximate surface area is 119 Å². The summed E-state index contributed by atoms with van der Waals surface area (Å²) >= 11 is 0. The van der Waals surface area contributed by atoms with Gasteiger partial charge in [0.25, 0.3) is 0 Å². The minimum atomic E-state index is -2.33. The summed E-state index contributed by atoms with van der Waals surface area (Å²) in [6.45, 7) is 0. The second-order valence-corrected chi connectivity index (χ2v) is 0.724. The van der Waals surface area contributed by atoms with Crippen LogP contribution in [0.3, 0.4) is 0 Å². The van der Waals surface area contributed by atoms with Gasteiger partial charge >= 0.3 is 29.6 Å². The van der Waals surface area contributed by atoms with Crippen LogP contribution in [0.5, 0.6) is 0 Å². The van der Waals surface area contributed by atoms with Crippen LogP contribution in [0.25, 0.3) is 0 Å². The number of rotatable bonds is 0. The van der Waals surface area contributed by atoms with Crippen LogP contribution in [0.2, 0.25) is 0 Å². The van der Waals surface area contributed by atoms with E-state index in [1.54, 1.807) is 0 Å². The van der Waals surface area contributed by atoms with Gasteiger partial charge in [-0.25, -0.2) is 0 Å². The van der Waals surface area contributed by atoms with Crippen LogP contribution in [0, 0.1) is 15.3 Å². The van der Waals surface area contributed by atoms with Crippen LogP contribution in [0.1, 0.15) is 0 Å². The second-order valence-electron chi connectivity index (χ2n) is 0.724. The standard InChI is InChI=1S/2CH2O3.NO3.Na.Pb/c3*2-1(3)4;;/h2*(H2,2,3,4);;;/q;;-1;+1;/p-4. The largest absolute Gasteiger partial charge is 1.00 e. The quantitative estimate of drug-likeness (QED) is 0.211. The van der Waals surface area contributed by atoms with E-state index in [9.17, 15) is 0 Å². The zero-order valence-electron chi connectivity index (χ0n) is 6.62. The summed E-state index contributed by atoms with van der Waals surface area (Å²) in [5.41, 5.74) is 0. The van der Waals surface area contributed by atoms with Gasteiger partial charge in [-0.05, 0) is 12.3 Å². The van der Waals surface area contributed by atoms with Gasteiger partial charge in [0.05, 0.1) is 5.09 Å². The molecule has 76 valence electrons. The number of carboxylic acid groups (broad SMARTS) is 4. The summed E-state index contributed by atoms with van der Waals surface area (Å²) in [6, 6.07) is 0. The van der Waals surface area contributed by atoms with E-state index in [-0.39, 0.29) is 56.9 Å². The first-order valence-corrected chi connectivity index (χ1v) is 1.77. The molecule has 0 rings (SSSR count). The number of carbonyl (C=O) groups is 2. The van der Waals surface area contributed by atoms with E-state index in [0.29, 0.717) is 0 Å². The molecular formula is C2NNaO9Pb-4. The number of hydrogen-bond acceptors (Lipinski definition) is 9. The molecule has 4 radical (unpaired) electrons. The molecule has 0 saturated carbocycles. The maximum absolute atomic E-state index is 8.33. The Hall–Kier alpha value is -0.338. The fraction of sp³-hybridized carbons (Fsp3) is 0. The maximum Gasteiger partial charge on any atom is 1.00 e. The van der Waals surface area contributed by atoms with Gasteiger partial charge in [-0.3, -0.25) is 0 Å². The van der Waals surface area contributed by atoms with Gasteiger partial charge in [-0.2, -0.15) is 0 Å². The molecule has 0 spiro atoms. The van der Waals surface area contributed by atoms with Crippen LogP contribution >= 0.6 is 0 Å². The van der Waals surface area contributed by atoms with E-state index in [1.165, 1.54) is 0 Å². The predicted molar refractivity (Wildman–Crippen MR) is 26.9 cm³/mol. The van der Waals surface area contributed by atoms with Gasteiger partial charge in [-0.15, -0.1) is 0 Å². The van der Waals surface area contributed by atoms with Gasteiger partial charge in [-0.1, -0.05) is 0 Å². The zero-order chi connectivity index (χ0) is 10.7. The van der Waals surface area contributed by atoms with E-state index in [2.05, 4.69) is 0 Å². The average Bonchev–Trinajstić information content (AvgIpc) is 1.54. The van der Waals surface area contributed by atoms with Crippen molar-refractivity contribution < 1.29 is 64.7 Å². The summed E-state index contributed by atoms with van der Waals surface area (Å²) in [7, 11) is 0. The van der Waals surface area contributed by atoms with Crippen molar-refractivity contribution in [3.8, 4) is 0 Å². The van der Waals surface area contributed by atoms with Crippen molar-refractivity contribution in [3.63, 3.8) is 0 Å². The molecule has 0 aromatic rings. The normalized spacial score (nSPS) is 5.14. The van der Waals surface area contributed by atoms with Crippen LogP contribution in [-0.2, 0) is 0 Å². The second kappa shape index (κ2) is 23.0. The van der Waals surface area contributed by atoms with Crippen LogP contribution < -0.4 is 50.0 Å². The SMILES string of the molecule is O=C([O-])[O-].O=C([O-])[O-].O=[N+]([O-])[O-].[Na+].[Pb]. The summed E-state index contributed by atoms with van der Waals surface area (Å²) in [4.78, 5) is 24.9.